The van der Waals surface area contributed by atoms with E-state index in [1.165, 1.54) is 5.56 Å². The molecule has 2 atom stereocenters. The molecule has 0 aliphatic carbocycles. The molecule has 5 nitrogen and oxygen atoms in total. The third-order valence-corrected chi connectivity index (χ3v) is 3.48. The van der Waals surface area contributed by atoms with E-state index in [1.54, 1.807) is 0 Å². The van der Waals surface area contributed by atoms with Crippen molar-refractivity contribution in [2.45, 2.75) is 45.1 Å². The van der Waals surface area contributed by atoms with E-state index in [-0.39, 0.29) is 18.5 Å². The van der Waals surface area contributed by atoms with Crippen LogP contribution in [0.4, 0.5) is 4.79 Å². The lowest BCUT2D eigenvalue weighted by Crippen LogP contribution is -2.43. The average molecular weight is 292 g/mol. The maximum absolute atomic E-state index is 11.7. The van der Waals surface area contributed by atoms with Gasteiger partial charge in [-0.05, 0) is 24.3 Å². The van der Waals surface area contributed by atoms with Crippen molar-refractivity contribution in [1.82, 2.24) is 10.6 Å². The number of hydrogen-bond acceptors (Lipinski definition) is 2. The zero-order valence-corrected chi connectivity index (χ0v) is 12.6. The molecule has 21 heavy (non-hydrogen) atoms. The Morgan fingerprint density at radius 2 is 1.90 bits per heavy atom. The van der Waals surface area contributed by atoms with Gasteiger partial charge in [0.05, 0.1) is 6.42 Å². The number of nitrogens with one attached hydrogen (secondary N) is 2. The Bertz CT molecular complexity index is 448. The zero-order chi connectivity index (χ0) is 15.7. The molecule has 0 aliphatic heterocycles. The first-order chi connectivity index (χ1) is 10.0. The highest BCUT2D eigenvalue weighted by molar-refractivity contribution is 5.75. The summed E-state index contributed by atoms with van der Waals surface area (Å²) in [5, 5.41) is 14.2. The summed E-state index contributed by atoms with van der Waals surface area (Å²) in [4.78, 5) is 22.3. The van der Waals surface area contributed by atoms with E-state index in [9.17, 15) is 9.59 Å². The van der Waals surface area contributed by atoms with Gasteiger partial charge in [-0.15, -0.1) is 0 Å². The molecule has 2 unspecified atom stereocenters. The number of carboxylic acids is 1. The Labute approximate surface area is 125 Å². The Morgan fingerprint density at radius 3 is 2.48 bits per heavy atom. The fraction of sp³-hybridized carbons (Fsp3) is 0.500. The van der Waals surface area contributed by atoms with Gasteiger partial charge in [-0.3, -0.25) is 4.79 Å². The van der Waals surface area contributed by atoms with Gasteiger partial charge in [0.25, 0.3) is 0 Å². The molecule has 1 aromatic carbocycles. The number of rotatable bonds is 8. The van der Waals surface area contributed by atoms with Gasteiger partial charge in [-0.25, -0.2) is 4.79 Å². The van der Waals surface area contributed by atoms with E-state index in [4.69, 9.17) is 5.11 Å². The molecule has 0 aromatic heterocycles. The van der Waals surface area contributed by atoms with Crippen LogP contribution in [0.5, 0.6) is 0 Å². The largest absolute Gasteiger partial charge is 0.481 e. The Kier molecular flexibility index (Phi) is 7.29. The number of aliphatic carboxylic acids is 1. The van der Waals surface area contributed by atoms with E-state index >= 15 is 0 Å². The van der Waals surface area contributed by atoms with E-state index in [0.717, 1.165) is 6.42 Å². The minimum Gasteiger partial charge on any atom is -0.481 e. The topological polar surface area (TPSA) is 78.4 Å². The van der Waals surface area contributed by atoms with Crippen molar-refractivity contribution < 1.29 is 14.7 Å². The molecule has 0 bridgehead atoms. The highest BCUT2D eigenvalue weighted by Crippen LogP contribution is 2.17. The normalized spacial score (nSPS) is 13.2. The first-order valence-corrected chi connectivity index (χ1v) is 7.34. The van der Waals surface area contributed by atoms with Gasteiger partial charge in [0.1, 0.15) is 0 Å². The summed E-state index contributed by atoms with van der Waals surface area (Å²) in [7, 11) is 0. The fourth-order valence-corrected chi connectivity index (χ4v) is 2.10. The van der Waals surface area contributed by atoms with Gasteiger partial charge < -0.3 is 15.7 Å². The first kappa shape index (κ1) is 17.0. The predicted molar refractivity (Wildman–Crippen MR) is 82.3 cm³/mol. The molecule has 1 aromatic rings. The zero-order valence-electron chi connectivity index (χ0n) is 12.6. The van der Waals surface area contributed by atoms with Gasteiger partial charge in [-0.2, -0.15) is 0 Å². The fourth-order valence-electron chi connectivity index (χ4n) is 2.10. The average Bonchev–Trinajstić information content (AvgIpc) is 2.46. The summed E-state index contributed by atoms with van der Waals surface area (Å²) in [6.45, 7) is 4.53. The number of carboxylic acid groups (broad SMARTS) is 1. The maximum Gasteiger partial charge on any atom is 0.315 e. The molecule has 0 saturated carbocycles. The van der Waals surface area contributed by atoms with E-state index in [1.807, 2.05) is 25.1 Å². The van der Waals surface area contributed by atoms with Crippen LogP contribution in [0.2, 0.25) is 0 Å². The van der Waals surface area contributed by atoms with Crippen molar-refractivity contribution in [2.24, 2.45) is 0 Å². The summed E-state index contributed by atoms with van der Waals surface area (Å²) in [5.41, 5.74) is 1.25. The lowest BCUT2D eigenvalue weighted by atomic mass is 9.98. The third-order valence-electron chi connectivity index (χ3n) is 3.48. The summed E-state index contributed by atoms with van der Waals surface area (Å²) < 4.78 is 0. The van der Waals surface area contributed by atoms with Crippen molar-refractivity contribution >= 4 is 12.0 Å². The molecule has 0 heterocycles. The molecule has 0 spiro atoms. The van der Waals surface area contributed by atoms with E-state index in [2.05, 4.69) is 29.7 Å². The summed E-state index contributed by atoms with van der Waals surface area (Å²) in [6.07, 6.45) is 1.39. The van der Waals surface area contributed by atoms with Crippen LogP contribution in [-0.2, 0) is 4.79 Å². The molecule has 0 saturated heterocycles. The van der Waals surface area contributed by atoms with Gasteiger partial charge in [-0.1, -0.05) is 44.2 Å². The molecule has 3 N–H and O–H groups in total. The minimum absolute atomic E-state index is 0.0513. The Hall–Kier alpha value is -2.04. The number of hydrogen-bond donors (Lipinski definition) is 3. The second-order valence-corrected chi connectivity index (χ2v) is 5.20. The third kappa shape index (κ3) is 6.79. The molecular weight excluding hydrogens is 268 g/mol. The second-order valence-electron chi connectivity index (χ2n) is 5.20. The van der Waals surface area contributed by atoms with Crippen LogP contribution in [0.1, 0.15) is 44.6 Å². The molecule has 116 valence electrons. The highest BCUT2D eigenvalue weighted by atomic mass is 16.4. The van der Waals surface area contributed by atoms with E-state index in [0.29, 0.717) is 18.9 Å². The van der Waals surface area contributed by atoms with Crippen LogP contribution in [0.25, 0.3) is 0 Å². The van der Waals surface area contributed by atoms with E-state index < -0.39 is 5.97 Å². The highest BCUT2D eigenvalue weighted by Gasteiger charge is 2.13. The van der Waals surface area contributed by atoms with Crippen LogP contribution in [0.15, 0.2) is 30.3 Å². The Morgan fingerprint density at radius 1 is 1.24 bits per heavy atom. The SMILES string of the molecule is CCC(CC(=O)O)NC(=O)NCCC(C)c1ccccc1. The predicted octanol–water partition coefficient (Wildman–Crippen LogP) is 2.73. The van der Waals surface area contributed by atoms with Crippen LogP contribution in [-0.4, -0.2) is 29.7 Å². The lowest BCUT2D eigenvalue weighted by Gasteiger charge is -2.16. The van der Waals surface area contributed by atoms with Crippen LogP contribution in [0, 0.1) is 0 Å². The van der Waals surface area contributed by atoms with Crippen molar-refractivity contribution in [2.75, 3.05) is 6.54 Å². The molecule has 1 rings (SSSR count). The van der Waals surface area contributed by atoms with Crippen molar-refractivity contribution in [3.05, 3.63) is 35.9 Å². The van der Waals surface area contributed by atoms with Crippen LogP contribution >= 0.6 is 0 Å². The minimum atomic E-state index is -0.903. The Balaban J connectivity index is 2.28. The number of carbonyl (C=O) groups excluding carboxylic acids is 1. The standard InChI is InChI=1S/C16H24N2O3/c1-3-14(11-15(19)20)18-16(21)17-10-9-12(2)13-7-5-4-6-8-13/h4-8,12,14H,3,9-11H2,1-2H3,(H,19,20)(H2,17,18,21). The van der Waals surface area contributed by atoms with Crippen molar-refractivity contribution in [3.8, 4) is 0 Å². The number of carbonyl (C=O) groups is 2. The first-order valence-electron chi connectivity index (χ1n) is 7.34. The van der Waals surface area contributed by atoms with Crippen molar-refractivity contribution in [3.63, 3.8) is 0 Å². The quantitative estimate of drug-likeness (QED) is 0.689. The van der Waals surface area contributed by atoms with Crippen LogP contribution in [0.3, 0.4) is 0 Å². The molecule has 0 radical (unpaired) electrons. The number of urea groups is 1. The maximum atomic E-state index is 11.7. The van der Waals surface area contributed by atoms with Gasteiger partial charge in [0.15, 0.2) is 0 Å². The monoisotopic (exact) mass is 292 g/mol. The lowest BCUT2D eigenvalue weighted by molar-refractivity contribution is -0.137. The second kappa shape index (κ2) is 9.00. The van der Waals surface area contributed by atoms with Gasteiger partial charge in [0, 0.05) is 12.6 Å². The van der Waals surface area contributed by atoms with Crippen LogP contribution < -0.4 is 10.6 Å². The van der Waals surface area contributed by atoms with Gasteiger partial charge in [0.2, 0.25) is 0 Å². The summed E-state index contributed by atoms with van der Waals surface area (Å²) in [5.74, 6) is -0.535. The van der Waals surface area contributed by atoms with Crippen molar-refractivity contribution in [1.29, 1.82) is 0 Å². The number of benzene rings is 1. The smallest absolute Gasteiger partial charge is 0.315 e. The summed E-state index contributed by atoms with van der Waals surface area (Å²) >= 11 is 0. The van der Waals surface area contributed by atoms with Gasteiger partial charge >= 0.3 is 12.0 Å². The number of amides is 2. The summed E-state index contributed by atoms with van der Waals surface area (Å²) in [6, 6.07) is 9.51. The molecule has 2 amide bonds. The molecule has 0 aliphatic rings. The molecular formula is C16H24N2O3. The molecule has 5 heteroatoms. The molecule has 0 fully saturated rings.